The van der Waals surface area contributed by atoms with Crippen LogP contribution in [0.3, 0.4) is 0 Å². The first-order valence-electron chi connectivity index (χ1n) is 6.21. The Hall–Kier alpha value is -1.43. The van der Waals surface area contributed by atoms with E-state index in [2.05, 4.69) is 21.2 Å². The van der Waals surface area contributed by atoms with Crippen LogP contribution in [0.25, 0.3) is 0 Å². The lowest BCUT2D eigenvalue weighted by molar-refractivity contribution is -0.118. The van der Waals surface area contributed by atoms with Gasteiger partial charge >= 0.3 is 0 Å². The Labute approximate surface area is 146 Å². The molecule has 0 aliphatic heterocycles. The number of hydrogen-bond donors (Lipinski definition) is 1. The molecule has 0 saturated carbocycles. The second-order valence-corrected chi connectivity index (χ2v) is 6.02. The molecule has 0 heterocycles. The van der Waals surface area contributed by atoms with E-state index in [4.69, 9.17) is 32.7 Å². The van der Waals surface area contributed by atoms with Crippen LogP contribution in [-0.4, -0.2) is 19.6 Å². The van der Waals surface area contributed by atoms with E-state index in [0.717, 1.165) is 4.47 Å². The van der Waals surface area contributed by atoms with Crippen LogP contribution in [0.1, 0.15) is 0 Å². The molecule has 0 spiro atoms. The van der Waals surface area contributed by atoms with E-state index in [1.54, 1.807) is 30.3 Å². The van der Waals surface area contributed by atoms with Gasteiger partial charge in [-0.1, -0.05) is 39.1 Å². The van der Waals surface area contributed by atoms with Crippen molar-refractivity contribution in [3.63, 3.8) is 0 Å². The molecule has 0 saturated heterocycles. The molecule has 7 heteroatoms. The SMILES string of the molecule is COc1ccc(Br)cc1NC(=O)COc1ccc(Cl)cc1Cl. The van der Waals surface area contributed by atoms with E-state index in [1.165, 1.54) is 7.11 Å². The molecule has 4 nitrogen and oxygen atoms in total. The molecule has 0 fully saturated rings. The molecular formula is C15H12BrCl2NO3. The van der Waals surface area contributed by atoms with Crippen molar-refractivity contribution in [2.24, 2.45) is 0 Å². The number of methoxy groups -OCH3 is 1. The van der Waals surface area contributed by atoms with Crippen molar-refractivity contribution >= 4 is 50.7 Å². The summed E-state index contributed by atoms with van der Waals surface area (Å²) < 4.78 is 11.4. The predicted octanol–water partition coefficient (Wildman–Crippen LogP) is 4.78. The fourth-order valence-electron chi connectivity index (χ4n) is 1.70. The number of anilines is 1. The maximum absolute atomic E-state index is 12.0. The van der Waals surface area contributed by atoms with Crippen LogP contribution in [-0.2, 0) is 4.79 Å². The normalized spacial score (nSPS) is 10.2. The minimum atomic E-state index is -0.331. The van der Waals surface area contributed by atoms with Crippen molar-refractivity contribution in [3.8, 4) is 11.5 Å². The van der Waals surface area contributed by atoms with Crippen LogP contribution in [0.5, 0.6) is 11.5 Å². The number of amides is 1. The standard InChI is InChI=1S/C15H12BrCl2NO3/c1-21-14-4-2-9(16)6-12(14)19-15(20)8-22-13-5-3-10(17)7-11(13)18/h2-7H,8H2,1H3,(H,19,20). The lowest BCUT2D eigenvalue weighted by atomic mass is 10.3. The first-order chi connectivity index (χ1) is 10.5. The highest BCUT2D eigenvalue weighted by molar-refractivity contribution is 9.10. The molecule has 0 aliphatic carbocycles. The third-order valence-corrected chi connectivity index (χ3v) is 3.71. The molecule has 2 aromatic rings. The van der Waals surface area contributed by atoms with Gasteiger partial charge in [0.15, 0.2) is 6.61 Å². The van der Waals surface area contributed by atoms with Crippen molar-refractivity contribution in [1.82, 2.24) is 0 Å². The second-order valence-electron chi connectivity index (χ2n) is 4.26. The lowest BCUT2D eigenvalue weighted by Gasteiger charge is -2.12. The Morgan fingerprint density at radius 2 is 1.91 bits per heavy atom. The molecule has 1 amide bonds. The van der Waals surface area contributed by atoms with Gasteiger partial charge in [0.2, 0.25) is 0 Å². The maximum Gasteiger partial charge on any atom is 0.262 e. The van der Waals surface area contributed by atoms with Crippen molar-refractivity contribution in [1.29, 1.82) is 0 Å². The van der Waals surface area contributed by atoms with Crippen LogP contribution < -0.4 is 14.8 Å². The van der Waals surface area contributed by atoms with E-state index >= 15 is 0 Å². The van der Waals surface area contributed by atoms with Crippen molar-refractivity contribution < 1.29 is 14.3 Å². The van der Waals surface area contributed by atoms with Crippen LogP contribution in [0.2, 0.25) is 10.0 Å². The molecule has 0 atom stereocenters. The Balaban J connectivity index is 2.00. The number of nitrogens with one attached hydrogen (secondary N) is 1. The van der Waals surface area contributed by atoms with Gasteiger partial charge in [0.1, 0.15) is 11.5 Å². The van der Waals surface area contributed by atoms with Crippen molar-refractivity contribution in [3.05, 3.63) is 50.9 Å². The average molecular weight is 405 g/mol. The summed E-state index contributed by atoms with van der Waals surface area (Å²) in [5, 5.41) is 3.56. The zero-order chi connectivity index (χ0) is 16.1. The van der Waals surface area contributed by atoms with Crippen molar-refractivity contribution in [2.45, 2.75) is 0 Å². The molecule has 0 unspecified atom stereocenters. The van der Waals surface area contributed by atoms with Gasteiger partial charge in [-0.15, -0.1) is 0 Å². The summed E-state index contributed by atoms with van der Waals surface area (Å²) in [6, 6.07) is 10.1. The topological polar surface area (TPSA) is 47.6 Å². The van der Waals surface area contributed by atoms with Crippen LogP contribution >= 0.6 is 39.1 Å². The first-order valence-corrected chi connectivity index (χ1v) is 7.75. The van der Waals surface area contributed by atoms with Gasteiger partial charge in [0, 0.05) is 9.50 Å². The summed E-state index contributed by atoms with van der Waals surface area (Å²) in [5.74, 6) is 0.617. The van der Waals surface area contributed by atoms with E-state index < -0.39 is 0 Å². The molecule has 1 N–H and O–H groups in total. The molecule has 0 bridgehead atoms. The Morgan fingerprint density at radius 3 is 2.59 bits per heavy atom. The Kier molecular flexibility index (Phi) is 5.94. The zero-order valence-electron chi connectivity index (χ0n) is 11.5. The number of ether oxygens (including phenoxy) is 2. The molecule has 0 radical (unpaired) electrons. The van der Waals surface area contributed by atoms with E-state index in [9.17, 15) is 4.79 Å². The number of rotatable bonds is 5. The highest BCUT2D eigenvalue weighted by Crippen LogP contribution is 2.29. The molecular weight excluding hydrogens is 393 g/mol. The van der Waals surface area contributed by atoms with Gasteiger partial charge in [-0.3, -0.25) is 4.79 Å². The van der Waals surface area contributed by atoms with Gasteiger partial charge < -0.3 is 14.8 Å². The van der Waals surface area contributed by atoms with Gasteiger partial charge in [0.25, 0.3) is 5.91 Å². The second kappa shape index (κ2) is 7.72. The fraction of sp³-hybridized carbons (Fsp3) is 0.133. The monoisotopic (exact) mass is 403 g/mol. The molecule has 0 aliphatic rings. The summed E-state index contributed by atoms with van der Waals surface area (Å²) in [6.07, 6.45) is 0. The van der Waals surface area contributed by atoms with Crippen LogP contribution in [0, 0.1) is 0 Å². The molecule has 116 valence electrons. The number of hydrogen-bond acceptors (Lipinski definition) is 3. The fourth-order valence-corrected chi connectivity index (χ4v) is 2.52. The summed E-state index contributed by atoms with van der Waals surface area (Å²) in [7, 11) is 1.53. The average Bonchev–Trinajstić information content (AvgIpc) is 2.46. The number of carbonyl (C=O) groups excluding carboxylic acids is 1. The summed E-state index contributed by atoms with van der Waals surface area (Å²) >= 11 is 15.1. The first kappa shape index (κ1) is 16.9. The summed E-state index contributed by atoms with van der Waals surface area (Å²) in [6.45, 7) is -0.184. The predicted molar refractivity (Wildman–Crippen MR) is 91.3 cm³/mol. The zero-order valence-corrected chi connectivity index (χ0v) is 14.6. The molecule has 2 aromatic carbocycles. The number of carbonyl (C=O) groups is 1. The largest absolute Gasteiger partial charge is 0.495 e. The summed E-state index contributed by atoms with van der Waals surface area (Å²) in [5.41, 5.74) is 0.549. The van der Waals surface area contributed by atoms with Gasteiger partial charge in [-0.2, -0.15) is 0 Å². The highest BCUT2D eigenvalue weighted by atomic mass is 79.9. The van der Waals surface area contributed by atoms with Crippen molar-refractivity contribution in [2.75, 3.05) is 19.0 Å². The Bertz CT molecular complexity index is 694. The quantitative estimate of drug-likeness (QED) is 0.779. The highest BCUT2D eigenvalue weighted by Gasteiger charge is 2.10. The van der Waals surface area contributed by atoms with E-state index in [0.29, 0.717) is 27.2 Å². The minimum Gasteiger partial charge on any atom is -0.495 e. The number of benzene rings is 2. The molecule has 0 aromatic heterocycles. The van der Waals surface area contributed by atoms with E-state index in [-0.39, 0.29) is 12.5 Å². The third-order valence-electron chi connectivity index (χ3n) is 2.69. The third kappa shape index (κ3) is 4.53. The summed E-state index contributed by atoms with van der Waals surface area (Å²) in [4.78, 5) is 12.0. The molecule has 22 heavy (non-hydrogen) atoms. The number of halogens is 3. The van der Waals surface area contributed by atoms with E-state index in [1.807, 2.05) is 6.07 Å². The minimum absolute atomic E-state index is 0.184. The van der Waals surface area contributed by atoms with Gasteiger partial charge in [-0.25, -0.2) is 0 Å². The van der Waals surface area contributed by atoms with Crippen LogP contribution in [0.15, 0.2) is 40.9 Å². The van der Waals surface area contributed by atoms with Gasteiger partial charge in [-0.05, 0) is 36.4 Å². The molecule has 2 rings (SSSR count). The smallest absolute Gasteiger partial charge is 0.262 e. The van der Waals surface area contributed by atoms with Crippen LogP contribution in [0.4, 0.5) is 5.69 Å². The maximum atomic E-state index is 12.0. The lowest BCUT2D eigenvalue weighted by Crippen LogP contribution is -2.20. The Morgan fingerprint density at radius 1 is 1.18 bits per heavy atom. The van der Waals surface area contributed by atoms with Gasteiger partial charge in [0.05, 0.1) is 17.8 Å².